The molecule has 0 spiro atoms. The van der Waals surface area contributed by atoms with Crippen molar-refractivity contribution in [1.29, 1.82) is 0 Å². The van der Waals surface area contributed by atoms with Crippen molar-refractivity contribution in [1.82, 2.24) is 20.9 Å². The Morgan fingerprint density at radius 3 is 2.50 bits per heavy atom. The number of rotatable bonds is 13. The number of nitrogens with one attached hydrogen (secondary N) is 3. The van der Waals surface area contributed by atoms with Crippen LogP contribution in [0.4, 0.5) is 4.79 Å². The minimum absolute atomic E-state index is 0.110. The van der Waals surface area contributed by atoms with E-state index in [1.807, 2.05) is 18.2 Å². The van der Waals surface area contributed by atoms with E-state index < -0.39 is 0 Å². The van der Waals surface area contributed by atoms with E-state index in [1.54, 1.807) is 7.11 Å². The maximum absolute atomic E-state index is 12.1. The Morgan fingerprint density at radius 1 is 1.06 bits per heavy atom. The Morgan fingerprint density at radius 2 is 1.81 bits per heavy atom. The number of ether oxygens (including phenoxy) is 2. The molecule has 0 heterocycles. The van der Waals surface area contributed by atoms with E-state index in [0.29, 0.717) is 31.2 Å². The summed E-state index contributed by atoms with van der Waals surface area (Å²) < 4.78 is 11.3. The van der Waals surface area contributed by atoms with Crippen LogP contribution in [-0.2, 0) is 11.3 Å². The normalized spacial score (nSPS) is 14.1. The van der Waals surface area contributed by atoms with Gasteiger partial charge in [0.25, 0.3) is 0 Å². The van der Waals surface area contributed by atoms with E-state index in [0.717, 1.165) is 38.0 Å². The van der Waals surface area contributed by atoms with Gasteiger partial charge in [-0.05, 0) is 43.6 Å². The molecule has 180 valence electrons. The Kier molecular flexibility index (Phi) is 11.7. The highest BCUT2D eigenvalue weighted by molar-refractivity contribution is 5.78. The molecule has 1 aliphatic rings. The van der Waals surface area contributed by atoms with E-state index in [1.165, 1.54) is 19.3 Å². The van der Waals surface area contributed by atoms with Crippen molar-refractivity contribution in [2.45, 2.75) is 65.0 Å². The molecule has 0 bridgehead atoms. The van der Waals surface area contributed by atoms with Crippen LogP contribution in [-0.4, -0.2) is 62.8 Å². The molecule has 3 amide bonds. The first-order valence-corrected chi connectivity index (χ1v) is 11.9. The first-order chi connectivity index (χ1) is 15.5. The molecule has 0 radical (unpaired) electrons. The number of hydrogen-bond donors (Lipinski definition) is 3. The standard InChI is InChI=1S/C24H40N4O4/c1-4-28(5-2)15-16-32-21-12-11-19(17-22(21)31-3)18-26-23(29)13-14-25-24(30)27-20-9-7-6-8-10-20/h11-12,17,20H,4-10,13-16,18H2,1-3H3,(H,26,29)(H2,25,27,30). The van der Waals surface area contributed by atoms with Crippen LogP contribution < -0.4 is 25.4 Å². The number of benzene rings is 1. The summed E-state index contributed by atoms with van der Waals surface area (Å²) in [7, 11) is 1.61. The molecular weight excluding hydrogens is 408 g/mol. The summed E-state index contributed by atoms with van der Waals surface area (Å²) in [5, 5.41) is 8.64. The lowest BCUT2D eigenvalue weighted by Gasteiger charge is -2.22. The average Bonchev–Trinajstić information content (AvgIpc) is 2.81. The number of hydrogen-bond acceptors (Lipinski definition) is 5. The molecule has 1 fully saturated rings. The lowest BCUT2D eigenvalue weighted by Crippen LogP contribution is -2.43. The molecule has 32 heavy (non-hydrogen) atoms. The van der Waals surface area contributed by atoms with E-state index in [9.17, 15) is 9.59 Å². The van der Waals surface area contributed by atoms with Gasteiger partial charge in [-0.2, -0.15) is 0 Å². The summed E-state index contributed by atoms with van der Waals surface area (Å²) in [6.07, 6.45) is 5.90. The highest BCUT2D eigenvalue weighted by Crippen LogP contribution is 2.28. The van der Waals surface area contributed by atoms with Crippen LogP contribution in [0.5, 0.6) is 11.5 Å². The molecule has 0 aliphatic heterocycles. The molecule has 1 saturated carbocycles. The Balaban J connectivity index is 1.68. The third-order valence-electron chi connectivity index (χ3n) is 5.86. The lowest BCUT2D eigenvalue weighted by molar-refractivity contribution is -0.121. The quantitative estimate of drug-likeness (QED) is 0.431. The monoisotopic (exact) mass is 448 g/mol. The second kappa shape index (κ2) is 14.6. The van der Waals surface area contributed by atoms with Crippen LogP contribution in [0.1, 0.15) is 57.9 Å². The first kappa shape index (κ1) is 25.8. The van der Waals surface area contributed by atoms with E-state index >= 15 is 0 Å². The zero-order valence-electron chi connectivity index (χ0n) is 19.9. The van der Waals surface area contributed by atoms with Crippen molar-refractivity contribution in [3.05, 3.63) is 23.8 Å². The predicted molar refractivity (Wildman–Crippen MR) is 126 cm³/mol. The molecule has 2 rings (SSSR count). The van der Waals surface area contributed by atoms with Gasteiger partial charge in [-0.25, -0.2) is 4.79 Å². The molecule has 0 aromatic heterocycles. The molecule has 0 saturated heterocycles. The summed E-state index contributed by atoms with van der Waals surface area (Å²) in [6, 6.07) is 5.75. The summed E-state index contributed by atoms with van der Waals surface area (Å²) in [5.41, 5.74) is 0.925. The molecular formula is C24H40N4O4. The highest BCUT2D eigenvalue weighted by atomic mass is 16.5. The molecule has 8 nitrogen and oxygen atoms in total. The Labute approximate surface area is 192 Å². The summed E-state index contributed by atoms with van der Waals surface area (Å²) in [6.45, 7) is 8.42. The highest BCUT2D eigenvalue weighted by Gasteiger charge is 2.15. The third kappa shape index (κ3) is 9.34. The molecule has 8 heteroatoms. The van der Waals surface area contributed by atoms with Gasteiger partial charge in [0, 0.05) is 32.1 Å². The van der Waals surface area contributed by atoms with E-state index in [4.69, 9.17) is 9.47 Å². The molecule has 1 aromatic carbocycles. The summed E-state index contributed by atoms with van der Waals surface area (Å²) in [5.74, 6) is 1.24. The maximum Gasteiger partial charge on any atom is 0.315 e. The van der Waals surface area contributed by atoms with Gasteiger partial charge in [0.05, 0.1) is 7.11 Å². The van der Waals surface area contributed by atoms with Crippen LogP contribution in [0.3, 0.4) is 0 Å². The SMILES string of the molecule is CCN(CC)CCOc1ccc(CNC(=O)CCNC(=O)NC2CCCCC2)cc1OC. The molecule has 1 aliphatic carbocycles. The van der Waals surface area contributed by atoms with Crippen LogP contribution in [0.15, 0.2) is 18.2 Å². The van der Waals surface area contributed by atoms with Crippen molar-refractivity contribution >= 4 is 11.9 Å². The zero-order valence-corrected chi connectivity index (χ0v) is 19.9. The number of carbonyl (C=O) groups is 2. The predicted octanol–water partition coefficient (Wildman–Crippen LogP) is 3.05. The van der Waals surface area contributed by atoms with Gasteiger partial charge in [-0.1, -0.05) is 39.2 Å². The summed E-state index contributed by atoms with van der Waals surface area (Å²) in [4.78, 5) is 26.4. The van der Waals surface area contributed by atoms with Crippen LogP contribution in [0.25, 0.3) is 0 Å². The third-order valence-corrected chi connectivity index (χ3v) is 5.86. The number of likely N-dealkylation sites (N-methyl/N-ethyl adjacent to an activating group) is 1. The minimum Gasteiger partial charge on any atom is -0.493 e. The largest absolute Gasteiger partial charge is 0.493 e. The van der Waals surface area contributed by atoms with Gasteiger partial charge < -0.3 is 30.3 Å². The van der Waals surface area contributed by atoms with Gasteiger partial charge >= 0.3 is 6.03 Å². The number of carbonyl (C=O) groups excluding carboxylic acids is 2. The van der Waals surface area contributed by atoms with Crippen molar-refractivity contribution in [2.75, 3.05) is 39.9 Å². The Bertz CT molecular complexity index is 703. The van der Waals surface area contributed by atoms with Crippen molar-refractivity contribution in [2.24, 2.45) is 0 Å². The van der Waals surface area contributed by atoms with Gasteiger partial charge in [-0.3, -0.25) is 4.79 Å². The molecule has 0 atom stereocenters. The minimum atomic E-state index is -0.189. The van der Waals surface area contributed by atoms with Gasteiger partial charge in [0.1, 0.15) is 6.61 Å². The van der Waals surface area contributed by atoms with Crippen molar-refractivity contribution in [3.63, 3.8) is 0 Å². The number of nitrogens with zero attached hydrogens (tertiary/aromatic N) is 1. The van der Waals surface area contributed by atoms with Gasteiger partial charge in [0.2, 0.25) is 5.91 Å². The number of amides is 3. The van der Waals surface area contributed by atoms with Gasteiger partial charge in [0.15, 0.2) is 11.5 Å². The zero-order chi connectivity index (χ0) is 23.2. The fourth-order valence-electron chi connectivity index (χ4n) is 3.83. The summed E-state index contributed by atoms with van der Waals surface area (Å²) >= 11 is 0. The maximum atomic E-state index is 12.1. The molecule has 0 unspecified atom stereocenters. The average molecular weight is 449 g/mol. The lowest BCUT2D eigenvalue weighted by atomic mass is 9.96. The molecule has 1 aromatic rings. The van der Waals surface area contributed by atoms with Crippen molar-refractivity contribution < 1.29 is 19.1 Å². The fraction of sp³-hybridized carbons (Fsp3) is 0.667. The van der Waals surface area contributed by atoms with Crippen LogP contribution >= 0.6 is 0 Å². The van der Waals surface area contributed by atoms with Crippen molar-refractivity contribution in [3.8, 4) is 11.5 Å². The number of methoxy groups -OCH3 is 1. The number of urea groups is 1. The Hall–Kier alpha value is -2.48. The second-order valence-electron chi connectivity index (χ2n) is 8.12. The van der Waals surface area contributed by atoms with Gasteiger partial charge in [-0.15, -0.1) is 0 Å². The van der Waals surface area contributed by atoms with Crippen LogP contribution in [0, 0.1) is 0 Å². The first-order valence-electron chi connectivity index (χ1n) is 11.9. The fourth-order valence-corrected chi connectivity index (χ4v) is 3.83. The second-order valence-corrected chi connectivity index (χ2v) is 8.12. The molecule has 3 N–H and O–H groups in total. The smallest absolute Gasteiger partial charge is 0.315 e. The topological polar surface area (TPSA) is 91.9 Å². The van der Waals surface area contributed by atoms with Crippen LogP contribution in [0.2, 0.25) is 0 Å². The van der Waals surface area contributed by atoms with E-state index in [2.05, 4.69) is 34.7 Å². The van der Waals surface area contributed by atoms with E-state index in [-0.39, 0.29) is 24.4 Å².